The van der Waals surface area contributed by atoms with Crippen LogP contribution in [0.1, 0.15) is 6.92 Å². The maximum atomic E-state index is 12.2. The first-order chi connectivity index (χ1) is 10.7. The number of anilines is 3. The molecule has 5 heteroatoms. The van der Waals surface area contributed by atoms with Gasteiger partial charge in [0.15, 0.2) is 0 Å². The molecule has 1 aliphatic heterocycles. The van der Waals surface area contributed by atoms with Crippen LogP contribution in [0.15, 0.2) is 54.6 Å². The van der Waals surface area contributed by atoms with Crippen LogP contribution >= 0.6 is 12.4 Å². The molecule has 0 spiro atoms. The van der Waals surface area contributed by atoms with Crippen molar-refractivity contribution in [1.82, 2.24) is 5.32 Å². The molecule has 0 aromatic heterocycles. The second-order valence-corrected chi connectivity index (χ2v) is 5.76. The van der Waals surface area contributed by atoms with Gasteiger partial charge >= 0.3 is 0 Å². The number of carbonyl (C=O) groups is 1. The molecule has 1 amide bonds. The number of rotatable bonds is 5. The van der Waals surface area contributed by atoms with E-state index in [4.69, 9.17) is 0 Å². The number of carbonyl (C=O) groups excluding carboxylic acids is 1. The van der Waals surface area contributed by atoms with Gasteiger partial charge in [0, 0.05) is 23.0 Å². The minimum absolute atomic E-state index is 0. The van der Waals surface area contributed by atoms with Crippen LogP contribution in [0, 0.1) is 11.8 Å². The first kappa shape index (κ1) is 17.3. The Balaban J connectivity index is 0.00000192. The topological polar surface area (TPSA) is 53.2 Å². The zero-order valence-electron chi connectivity index (χ0n) is 13.1. The molecule has 0 bridgehead atoms. The molecule has 3 N–H and O–H groups in total. The smallest absolute Gasteiger partial charge is 0.227 e. The molecule has 1 fully saturated rings. The average molecular weight is 332 g/mol. The summed E-state index contributed by atoms with van der Waals surface area (Å²) in [6.07, 6.45) is 0. The highest BCUT2D eigenvalue weighted by molar-refractivity contribution is 5.92. The quantitative estimate of drug-likeness (QED) is 0.784. The minimum Gasteiger partial charge on any atom is -0.356 e. The highest BCUT2D eigenvalue weighted by Gasteiger charge is 2.28. The van der Waals surface area contributed by atoms with Crippen LogP contribution in [-0.4, -0.2) is 19.0 Å². The Morgan fingerprint density at radius 3 is 2.13 bits per heavy atom. The summed E-state index contributed by atoms with van der Waals surface area (Å²) in [7, 11) is 0. The van der Waals surface area contributed by atoms with Gasteiger partial charge in [-0.3, -0.25) is 4.79 Å². The number of benzene rings is 2. The van der Waals surface area contributed by atoms with Crippen LogP contribution in [0.4, 0.5) is 17.1 Å². The number of amides is 1. The fourth-order valence-corrected chi connectivity index (χ4v) is 2.46. The Kier molecular flexibility index (Phi) is 6.02. The summed E-state index contributed by atoms with van der Waals surface area (Å²) in [6, 6.07) is 17.8. The monoisotopic (exact) mass is 331 g/mol. The molecule has 3 rings (SSSR count). The van der Waals surface area contributed by atoms with E-state index in [1.54, 1.807) is 0 Å². The van der Waals surface area contributed by atoms with Gasteiger partial charge in [-0.15, -0.1) is 12.4 Å². The first-order valence-corrected chi connectivity index (χ1v) is 7.66. The predicted octanol–water partition coefficient (Wildman–Crippen LogP) is 3.65. The van der Waals surface area contributed by atoms with Crippen LogP contribution in [0.5, 0.6) is 0 Å². The zero-order chi connectivity index (χ0) is 15.4. The van der Waals surface area contributed by atoms with E-state index < -0.39 is 0 Å². The average Bonchev–Trinajstić information content (AvgIpc) is 2.48. The summed E-state index contributed by atoms with van der Waals surface area (Å²) >= 11 is 0. The molecule has 2 aromatic carbocycles. The van der Waals surface area contributed by atoms with Gasteiger partial charge in [-0.2, -0.15) is 0 Å². The third-order valence-corrected chi connectivity index (χ3v) is 4.15. The molecule has 1 aliphatic rings. The van der Waals surface area contributed by atoms with Crippen molar-refractivity contribution in [3.8, 4) is 0 Å². The molecule has 1 atom stereocenters. The maximum Gasteiger partial charge on any atom is 0.227 e. The predicted molar refractivity (Wildman–Crippen MR) is 97.6 cm³/mol. The molecule has 1 saturated heterocycles. The van der Waals surface area contributed by atoms with E-state index in [-0.39, 0.29) is 24.2 Å². The Morgan fingerprint density at radius 2 is 1.57 bits per heavy atom. The van der Waals surface area contributed by atoms with Crippen LogP contribution in [0.25, 0.3) is 0 Å². The van der Waals surface area contributed by atoms with Gasteiger partial charge in [0.05, 0.1) is 0 Å². The van der Waals surface area contributed by atoms with Crippen molar-refractivity contribution in [2.45, 2.75) is 6.92 Å². The van der Waals surface area contributed by atoms with Gasteiger partial charge in [0.1, 0.15) is 0 Å². The molecule has 4 nitrogen and oxygen atoms in total. The van der Waals surface area contributed by atoms with Crippen molar-refractivity contribution in [3.05, 3.63) is 54.6 Å². The van der Waals surface area contributed by atoms with Gasteiger partial charge in [0.2, 0.25) is 5.91 Å². The van der Waals surface area contributed by atoms with Gasteiger partial charge in [-0.1, -0.05) is 25.1 Å². The third kappa shape index (κ3) is 4.47. The van der Waals surface area contributed by atoms with Gasteiger partial charge in [-0.05, 0) is 55.4 Å². The lowest BCUT2D eigenvalue weighted by molar-refractivity contribution is -0.121. The van der Waals surface area contributed by atoms with E-state index in [1.165, 1.54) is 0 Å². The lowest BCUT2D eigenvalue weighted by Gasteiger charge is -2.31. The third-order valence-electron chi connectivity index (χ3n) is 4.15. The van der Waals surface area contributed by atoms with Crippen molar-refractivity contribution in [1.29, 1.82) is 0 Å². The van der Waals surface area contributed by atoms with Crippen LogP contribution in [-0.2, 0) is 4.79 Å². The highest BCUT2D eigenvalue weighted by atomic mass is 35.5. The molecule has 122 valence electrons. The molecular weight excluding hydrogens is 310 g/mol. The number of hydrogen-bond donors (Lipinski definition) is 3. The summed E-state index contributed by atoms with van der Waals surface area (Å²) in [4.78, 5) is 12.2. The summed E-state index contributed by atoms with van der Waals surface area (Å²) in [5.74, 6) is 0.595. The van der Waals surface area contributed by atoms with Crippen molar-refractivity contribution < 1.29 is 4.79 Å². The van der Waals surface area contributed by atoms with E-state index in [0.717, 1.165) is 30.2 Å². The summed E-state index contributed by atoms with van der Waals surface area (Å²) in [5.41, 5.74) is 2.88. The highest BCUT2D eigenvalue weighted by Crippen LogP contribution is 2.21. The van der Waals surface area contributed by atoms with E-state index in [9.17, 15) is 4.79 Å². The molecule has 1 heterocycles. The number of halogens is 1. The Morgan fingerprint density at radius 1 is 1.00 bits per heavy atom. The molecule has 1 unspecified atom stereocenters. The van der Waals surface area contributed by atoms with Crippen molar-refractivity contribution in [2.24, 2.45) is 11.8 Å². The fraction of sp³-hybridized carbons (Fsp3) is 0.278. The van der Waals surface area contributed by atoms with Crippen LogP contribution < -0.4 is 16.0 Å². The molecule has 0 saturated carbocycles. The molecule has 0 aliphatic carbocycles. The van der Waals surface area contributed by atoms with Gasteiger partial charge < -0.3 is 16.0 Å². The van der Waals surface area contributed by atoms with Gasteiger partial charge in [0.25, 0.3) is 0 Å². The zero-order valence-corrected chi connectivity index (χ0v) is 13.9. The van der Waals surface area contributed by atoms with Crippen molar-refractivity contribution in [3.63, 3.8) is 0 Å². The van der Waals surface area contributed by atoms with Crippen LogP contribution in [0.2, 0.25) is 0 Å². The van der Waals surface area contributed by atoms with Crippen LogP contribution in [0.3, 0.4) is 0 Å². The number of hydrogen-bond acceptors (Lipinski definition) is 3. The maximum absolute atomic E-state index is 12.2. The lowest BCUT2D eigenvalue weighted by atomic mass is 9.88. The summed E-state index contributed by atoms with van der Waals surface area (Å²) in [6.45, 7) is 3.87. The first-order valence-electron chi connectivity index (χ1n) is 7.66. The van der Waals surface area contributed by atoms with E-state index in [1.807, 2.05) is 61.5 Å². The van der Waals surface area contributed by atoms with Crippen molar-refractivity contribution >= 4 is 35.4 Å². The summed E-state index contributed by atoms with van der Waals surface area (Å²) in [5, 5.41) is 9.51. The summed E-state index contributed by atoms with van der Waals surface area (Å²) < 4.78 is 0. The molecule has 23 heavy (non-hydrogen) atoms. The Hall–Kier alpha value is -2.04. The second kappa shape index (κ2) is 7.99. The van der Waals surface area contributed by atoms with E-state index >= 15 is 0 Å². The lowest BCUT2D eigenvalue weighted by Crippen LogP contribution is -2.48. The van der Waals surface area contributed by atoms with E-state index in [0.29, 0.717) is 5.92 Å². The molecular formula is C18H22ClN3O. The van der Waals surface area contributed by atoms with Crippen molar-refractivity contribution in [2.75, 3.05) is 23.7 Å². The normalized spacial score (nSPS) is 15.0. The Labute approximate surface area is 143 Å². The Bertz CT molecular complexity index is 626. The number of para-hydroxylation sites is 1. The van der Waals surface area contributed by atoms with E-state index in [2.05, 4.69) is 16.0 Å². The standard InChI is InChI=1S/C18H21N3O.ClH/c1-13(14-11-19-12-14)18(22)21-17-9-7-16(8-10-17)20-15-5-3-2-4-6-15;/h2-10,13-14,19-20H,11-12H2,1H3,(H,21,22);1H. The molecule has 2 aromatic rings. The largest absolute Gasteiger partial charge is 0.356 e. The number of nitrogens with one attached hydrogen (secondary N) is 3. The van der Waals surface area contributed by atoms with Gasteiger partial charge in [-0.25, -0.2) is 0 Å². The second-order valence-electron chi connectivity index (χ2n) is 5.76. The SMILES string of the molecule is CC(C(=O)Nc1ccc(Nc2ccccc2)cc1)C1CNC1.Cl. The molecule has 0 radical (unpaired) electrons. The minimum atomic E-state index is 0. The fourth-order valence-electron chi connectivity index (χ4n) is 2.46.